The van der Waals surface area contributed by atoms with Crippen molar-refractivity contribution in [3.8, 4) is 0 Å². The van der Waals surface area contributed by atoms with E-state index in [1.54, 1.807) is 35.0 Å². The number of halogens is 1. The first kappa shape index (κ1) is 17.6. The molecule has 132 valence electrons. The quantitative estimate of drug-likeness (QED) is 0.849. The zero-order valence-corrected chi connectivity index (χ0v) is 15.8. The van der Waals surface area contributed by atoms with Crippen molar-refractivity contribution in [2.24, 2.45) is 13.0 Å². The minimum Gasteiger partial charge on any atom is -0.337 e. The molecule has 2 amide bonds. The van der Waals surface area contributed by atoms with E-state index in [0.717, 1.165) is 23.0 Å². The molecular weight excluding hydrogens is 386 g/mol. The lowest BCUT2D eigenvalue weighted by molar-refractivity contribution is -0.121. The van der Waals surface area contributed by atoms with Crippen LogP contribution in [0.2, 0.25) is 0 Å². The molecule has 0 bridgehead atoms. The zero-order valence-electron chi connectivity index (χ0n) is 14.2. The Bertz CT molecular complexity index is 787. The Morgan fingerprint density at radius 1 is 1.36 bits per heavy atom. The van der Waals surface area contributed by atoms with E-state index in [0.29, 0.717) is 24.6 Å². The number of anilines is 1. The van der Waals surface area contributed by atoms with Gasteiger partial charge in [-0.25, -0.2) is 4.98 Å². The lowest BCUT2D eigenvalue weighted by atomic mass is 9.97. The Hall–Kier alpha value is -2.22. The highest BCUT2D eigenvalue weighted by Gasteiger charge is 2.30. The summed E-state index contributed by atoms with van der Waals surface area (Å²) in [4.78, 5) is 31.1. The van der Waals surface area contributed by atoms with E-state index in [-0.39, 0.29) is 17.7 Å². The molecule has 2 aromatic rings. The summed E-state index contributed by atoms with van der Waals surface area (Å²) in [5.41, 5.74) is 1.35. The number of aryl methyl sites for hydroxylation is 2. The molecule has 0 saturated carbocycles. The predicted octanol–water partition coefficient (Wildman–Crippen LogP) is 2.38. The smallest absolute Gasteiger partial charge is 0.272 e. The number of nitrogens with one attached hydrogen (secondary N) is 1. The van der Waals surface area contributed by atoms with Gasteiger partial charge in [-0.05, 0) is 53.9 Å². The average Bonchev–Trinajstić information content (AvgIpc) is 2.94. The topological polar surface area (TPSA) is 80.1 Å². The van der Waals surface area contributed by atoms with E-state index >= 15 is 0 Å². The first-order valence-electron chi connectivity index (χ1n) is 8.16. The fourth-order valence-electron chi connectivity index (χ4n) is 3.03. The number of hydrogen-bond donors (Lipinski definition) is 1. The van der Waals surface area contributed by atoms with E-state index in [2.05, 4.69) is 31.3 Å². The molecule has 1 N–H and O–H groups in total. The van der Waals surface area contributed by atoms with Crippen LogP contribution in [0.4, 0.5) is 5.82 Å². The van der Waals surface area contributed by atoms with E-state index in [4.69, 9.17) is 0 Å². The van der Waals surface area contributed by atoms with Crippen LogP contribution in [0.15, 0.2) is 28.9 Å². The van der Waals surface area contributed by atoms with Crippen molar-refractivity contribution in [3.63, 3.8) is 0 Å². The van der Waals surface area contributed by atoms with Crippen LogP contribution < -0.4 is 5.32 Å². The second kappa shape index (κ2) is 7.35. The molecule has 1 aliphatic heterocycles. The molecule has 2 aromatic heterocycles. The third-order valence-corrected chi connectivity index (χ3v) is 4.75. The Balaban J connectivity index is 1.66. The van der Waals surface area contributed by atoms with Crippen LogP contribution in [-0.2, 0) is 11.8 Å². The number of amides is 2. The van der Waals surface area contributed by atoms with E-state index in [1.807, 2.05) is 13.0 Å². The molecule has 7 nitrogen and oxygen atoms in total. The molecule has 1 aliphatic rings. The fourth-order valence-corrected chi connectivity index (χ4v) is 3.26. The summed E-state index contributed by atoms with van der Waals surface area (Å²) in [5.74, 6) is 0.0901. The third-order valence-electron chi connectivity index (χ3n) is 4.28. The normalized spacial score (nSPS) is 17.4. The largest absolute Gasteiger partial charge is 0.337 e. The number of piperidine rings is 1. The number of carbonyl (C=O) groups is 2. The highest BCUT2D eigenvalue weighted by molar-refractivity contribution is 9.10. The Labute approximate surface area is 154 Å². The molecule has 0 spiro atoms. The maximum atomic E-state index is 12.7. The van der Waals surface area contributed by atoms with Gasteiger partial charge in [0, 0.05) is 30.8 Å². The molecule has 1 unspecified atom stereocenters. The minimum absolute atomic E-state index is 0.0811. The summed E-state index contributed by atoms with van der Waals surface area (Å²) in [6.45, 7) is 2.92. The van der Waals surface area contributed by atoms with Crippen LogP contribution in [0.25, 0.3) is 0 Å². The van der Waals surface area contributed by atoms with Gasteiger partial charge in [0.1, 0.15) is 11.5 Å². The minimum atomic E-state index is -0.238. The van der Waals surface area contributed by atoms with Gasteiger partial charge in [-0.15, -0.1) is 0 Å². The summed E-state index contributed by atoms with van der Waals surface area (Å²) >= 11 is 3.32. The van der Waals surface area contributed by atoms with E-state index in [9.17, 15) is 9.59 Å². The molecule has 25 heavy (non-hydrogen) atoms. The monoisotopic (exact) mass is 405 g/mol. The number of pyridine rings is 1. The van der Waals surface area contributed by atoms with Gasteiger partial charge in [0.25, 0.3) is 5.91 Å². The number of rotatable bonds is 3. The van der Waals surface area contributed by atoms with Crippen molar-refractivity contribution < 1.29 is 9.59 Å². The summed E-state index contributed by atoms with van der Waals surface area (Å²) in [5, 5.41) is 7.05. The van der Waals surface area contributed by atoms with Gasteiger partial charge in [-0.3, -0.25) is 14.3 Å². The number of aromatic nitrogens is 3. The molecule has 1 fully saturated rings. The lowest BCUT2D eigenvalue weighted by Gasteiger charge is -2.31. The molecule has 0 radical (unpaired) electrons. The molecule has 0 aromatic carbocycles. The van der Waals surface area contributed by atoms with Crippen molar-refractivity contribution in [1.29, 1.82) is 0 Å². The van der Waals surface area contributed by atoms with E-state index < -0.39 is 0 Å². The van der Waals surface area contributed by atoms with Crippen LogP contribution in [-0.4, -0.2) is 44.6 Å². The van der Waals surface area contributed by atoms with Crippen LogP contribution in [0.5, 0.6) is 0 Å². The lowest BCUT2D eigenvalue weighted by Crippen LogP contribution is -2.44. The predicted molar refractivity (Wildman–Crippen MR) is 97.1 cm³/mol. The Morgan fingerprint density at radius 3 is 2.80 bits per heavy atom. The van der Waals surface area contributed by atoms with Crippen molar-refractivity contribution in [2.45, 2.75) is 19.8 Å². The fraction of sp³-hybridized carbons (Fsp3) is 0.412. The van der Waals surface area contributed by atoms with Crippen molar-refractivity contribution in [1.82, 2.24) is 19.7 Å². The standard InChI is InChI=1S/C17H20BrN5O2/c1-11-8-14(22(2)21-11)17(25)23-7-3-4-12(10-23)16(24)20-15-6-5-13(18)9-19-15/h5-6,8-9,12H,3-4,7,10H2,1-2H3,(H,19,20,24). The number of hydrogen-bond acceptors (Lipinski definition) is 4. The number of likely N-dealkylation sites (tertiary alicyclic amines) is 1. The molecule has 8 heteroatoms. The molecule has 0 aliphatic carbocycles. The molecule has 1 atom stereocenters. The second-order valence-electron chi connectivity index (χ2n) is 6.24. The SMILES string of the molecule is Cc1cc(C(=O)N2CCCC(C(=O)Nc3ccc(Br)cn3)C2)n(C)n1. The van der Waals surface area contributed by atoms with Crippen molar-refractivity contribution in [2.75, 3.05) is 18.4 Å². The number of nitrogens with zero attached hydrogens (tertiary/aromatic N) is 4. The van der Waals surface area contributed by atoms with Crippen LogP contribution >= 0.6 is 15.9 Å². The molecule has 1 saturated heterocycles. The molecule has 3 rings (SSSR count). The zero-order chi connectivity index (χ0) is 18.0. The maximum absolute atomic E-state index is 12.7. The highest BCUT2D eigenvalue weighted by Crippen LogP contribution is 2.21. The van der Waals surface area contributed by atoms with Crippen LogP contribution in [0.1, 0.15) is 29.0 Å². The summed E-state index contributed by atoms with van der Waals surface area (Å²) in [7, 11) is 1.76. The van der Waals surface area contributed by atoms with Crippen LogP contribution in [0.3, 0.4) is 0 Å². The summed E-state index contributed by atoms with van der Waals surface area (Å²) < 4.78 is 2.44. The average molecular weight is 406 g/mol. The van der Waals surface area contributed by atoms with Crippen molar-refractivity contribution >= 4 is 33.6 Å². The van der Waals surface area contributed by atoms with Gasteiger partial charge < -0.3 is 10.2 Å². The first-order valence-corrected chi connectivity index (χ1v) is 8.95. The van der Waals surface area contributed by atoms with Gasteiger partial charge >= 0.3 is 0 Å². The van der Waals surface area contributed by atoms with Gasteiger partial charge in [0.15, 0.2) is 0 Å². The molecule has 3 heterocycles. The molecular formula is C17H20BrN5O2. The summed E-state index contributed by atoms with van der Waals surface area (Å²) in [6, 6.07) is 5.34. The van der Waals surface area contributed by atoms with E-state index in [1.165, 1.54) is 0 Å². The maximum Gasteiger partial charge on any atom is 0.272 e. The number of carbonyl (C=O) groups excluding carboxylic acids is 2. The van der Waals surface area contributed by atoms with Gasteiger partial charge in [-0.2, -0.15) is 5.10 Å². The van der Waals surface area contributed by atoms with Crippen LogP contribution in [0, 0.1) is 12.8 Å². The van der Waals surface area contributed by atoms with Crippen molar-refractivity contribution in [3.05, 3.63) is 40.3 Å². The Morgan fingerprint density at radius 2 is 2.16 bits per heavy atom. The third kappa shape index (κ3) is 4.07. The van der Waals surface area contributed by atoms with Gasteiger partial charge in [0.2, 0.25) is 5.91 Å². The van der Waals surface area contributed by atoms with Gasteiger partial charge in [0.05, 0.1) is 11.6 Å². The Kier molecular flexibility index (Phi) is 5.17. The summed E-state index contributed by atoms with van der Waals surface area (Å²) in [6.07, 6.45) is 3.20. The second-order valence-corrected chi connectivity index (χ2v) is 7.15. The first-order chi connectivity index (χ1) is 11.9. The van der Waals surface area contributed by atoms with Gasteiger partial charge in [-0.1, -0.05) is 0 Å². The highest BCUT2D eigenvalue weighted by atomic mass is 79.9.